The van der Waals surface area contributed by atoms with Crippen molar-refractivity contribution in [3.63, 3.8) is 0 Å². The summed E-state index contributed by atoms with van der Waals surface area (Å²) < 4.78 is 1.14. The normalized spacial score (nSPS) is 11.4. The Balaban J connectivity index is 1.83. The summed E-state index contributed by atoms with van der Waals surface area (Å²) in [4.78, 5) is 12.0. The molecule has 0 unspecified atom stereocenters. The predicted octanol–water partition coefficient (Wildman–Crippen LogP) is 4.20. The zero-order valence-electron chi connectivity index (χ0n) is 12.4. The summed E-state index contributed by atoms with van der Waals surface area (Å²) in [6.07, 6.45) is 3.48. The molecule has 0 spiro atoms. The molecule has 0 aliphatic heterocycles. The van der Waals surface area contributed by atoms with Crippen molar-refractivity contribution in [1.82, 2.24) is 14.9 Å². The highest BCUT2D eigenvalue weighted by atomic mass is 32.1. The van der Waals surface area contributed by atoms with Gasteiger partial charge in [0.25, 0.3) is 0 Å². The van der Waals surface area contributed by atoms with Gasteiger partial charge < -0.3 is 0 Å². The first-order chi connectivity index (χ1) is 10.3. The molecule has 2 aromatic heterocycles. The van der Waals surface area contributed by atoms with Crippen molar-refractivity contribution in [1.29, 1.82) is 0 Å². The largest absolute Gasteiger partial charge is 0.300 e. The second-order valence-electron chi connectivity index (χ2n) is 5.04. The van der Waals surface area contributed by atoms with E-state index in [2.05, 4.69) is 59.0 Å². The molecule has 21 heavy (non-hydrogen) atoms. The molecule has 1 aromatic carbocycles. The van der Waals surface area contributed by atoms with Gasteiger partial charge in [-0.1, -0.05) is 38.1 Å². The molecule has 0 aliphatic carbocycles. The maximum Gasteiger partial charge on any atom is 0.116 e. The van der Waals surface area contributed by atoms with Crippen LogP contribution in [0.1, 0.15) is 19.4 Å². The molecule has 0 atom stereocenters. The third kappa shape index (κ3) is 3.12. The van der Waals surface area contributed by atoms with Gasteiger partial charge in [0.1, 0.15) is 6.33 Å². The van der Waals surface area contributed by atoms with E-state index < -0.39 is 0 Å². The Hall–Kier alpha value is -1.78. The van der Waals surface area contributed by atoms with Gasteiger partial charge in [0, 0.05) is 17.6 Å². The first kappa shape index (κ1) is 14.2. The van der Waals surface area contributed by atoms with E-state index in [4.69, 9.17) is 0 Å². The average Bonchev–Trinajstić information content (AvgIpc) is 2.97. The van der Waals surface area contributed by atoms with Crippen LogP contribution < -0.4 is 0 Å². The first-order valence-corrected chi connectivity index (χ1v) is 8.13. The molecule has 3 nitrogen and oxygen atoms in total. The zero-order valence-corrected chi connectivity index (χ0v) is 13.2. The van der Waals surface area contributed by atoms with E-state index in [0.29, 0.717) is 0 Å². The second kappa shape index (κ2) is 6.33. The topological polar surface area (TPSA) is 29.0 Å². The highest BCUT2D eigenvalue weighted by Crippen LogP contribution is 2.32. The van der Waals surface area contributed by atoms with Crippen molar-refractivity contribution in [3.05, 3.63) is 48.4 Å². The summed E-state index contributed by atoms with van der Waals surface area (Å²) >= 11 is 1.74. The van der Waals surface area contributed by atoms with E-state index in [0.717, 1.165) is 29.9 Å². The van der Waals surface area contributed by atoms with Crippen LogP contribution in [0.25, 0.3) is 20.7 Å². The smallest absolute Gasteiger partial charge is 0.116 e. The molecule has 3 aromatic rings. The summed E-state index contributed by atoms with van der Waals surface area (Å²) in [5, 5.41) is 0. The Morgan fingerprint density at radius 1 is 1.10 bits per heavy atom. The van der Waals surface area contributed by atoms with Gasteiger partial charge in [-0.15, -0.1) is 11.3 Å². The van der Waals surface area contributed by atoms with Gasteiger partial charge in [-0.25, -0.2) is 9.97 Å². The minimum Gasteiger partial charge on any atom is -0.300 e. The van der Waals surface area contributed by atoms with E-state index in [1.54, 1.807) is 17.7 Å². The number of hydrogen-bond acceptors (Lipinski definition) is 4. The molecule has 4 heteroatoms. The van der Waals surface area contributed by atoms with E-state index in [1.165, 1.54) is 16.0 Å². The van der Waals surface area contributed by atoms with Crippen LogP contribution in [-0.4, -0.2) is 28.0 Å². The van der Waals surface area contributed by atoms with Crippen LogP contribution in [0, 0.1) is 0 Å². The van der Waals surface area contributed by atoms with Gasteiger partial charge >= 0.3 is 0 Å². The molecule has 0 amide bonds. The van der Waals surface area contributed by atoms with Crippen molar-refractivity contribution in [2.75, 3.05) is 13.1 Å². The van der Waals surface area contributed by atoms with E-state index in [1.807, 2.05) is 6.20 Å². The zero-order chi connectivity index (χ0) is 14.7. The molecule has 0 aliphatic rings. The van der Waals surface area contributed by atoms with Crippen molar-refractivity contribution < 1.29 is 0 Å². The number of aromatic nitrogens is 2. The van der Waals surface area contributed by atoms with Crippen LogP contribution in [0.4, 0.5) is 0 Å². The van der Waals surface area contributed by atoms with Gasteiger partial charge in [0.2, 0.25) is 0 Å². The van der Waals surface area contributed by atoms with Gasteiger partial charge in [-0.2, -0.15) is 0 Å². The number of rotatable bonds is 5. The second-order valence-corrected chi connectivity index (χ2v) is 6.12. The number of nitrogens with zero attached hydrogens (tertiary/aromatic N) is 3. The molecule has 0 N–H and O–H groups in total. The van der Waals surface area contributed by atoms with Crippen LogP contribution in [-0.2, 0) is 6.54 Å². The maximum absolute atomic E-state index is 4.30. The van der Waals surface area contributed by atoms with Crippen LogP contribution in [0.5, 0.6) is 0 Å². The minimum absolute atomic E-state index is 1.02. The predicted molar refractivity (Wildman–Crippen MR) is 89.5 cm³/mol. The highest BCUT2D eigenvalue weighted by molar-refractivity contribution is 7.22. The Kier molecular flexibility index (Phi) is 4.27. The first-order valence-electron chi connectivity index (χ1n) is 7.31. The standard InChI is InChI=1S/C17H19N3S/c1-3-20(4-2)11-13-5-7-14(8-6-13)16-9-15-17(21-16)10-18-12-19-15/h5-10,12H,3-4,11H2,1-2H3. The number of thiophene rings is 1. The maximum atomic E-state index is 4.30. The molecule has 0 fully saturated rings. The van der Waals surface area contributed by atoms with Gasteiger partial charge in [0.15, 0.2) is 0 Å². The van der Waals surface area contributed by atoms with Crippen molar-refractivity contribution in [3.8, 4) is 10.4 Å². The minimum atomic E-state index is 1.02. The number of hydrogen-bond donors (Lipinski definition) is 0. The molecular formula is C17H19N3S. The summed E-state index contributed by atoms with van der Waals surface area (Å²) in [6, 6.07) is 11.0. The quantitative estimate of drug-likeness (QED) is 0.706. The SMILES string of the molecule is CCN(CC)Cc1ccc(-c2cc3ncncc3s2)cc1. The van der Waals surface area contributed by atoms with E-state index in [9.17, 15) is 0 Å². The van der Waals surface area contributed by atoms with Crippen molar-refractivity contribution in [2.24, 2.45) is 0 Å². The molecule has 3 rings (SSSR count). The van der Waals surface area contributed by atoms with E-state index >= 15 is 0 Å². The fourth-order valence-electron chi connectivity index (χ4n) is 2.41. The van der Waals surface area contributed by atoms with Gasteiger partial charge in [-0.3, -0.25) is 4.90 Å². The summed E-state index contributed by atoms with van der Waals surface area (Å²) in [6.45, 7) is 7.61. The molecule has 108 valence electrons. The lowest BCUT2D eigenvalue weighted by atomic mass is 10.1. The Morgan fingerprint density at radius 2 is 1.86 bits per heavy atom. The summed E-state index contributed by atoms with van der Waals surface area (Å²) in [5.74, 6) is 0. The van der Waals surface area contributed by atoms with Gasteiger partial charge in [0.05, 0.1) is 10.2 Å². The molecule has 2 heterocycles. The Bertz CT molecular complexity index is 681. The fourth-order valence-corrected chi connectivity index (χ4v) is 3.40. The Labute approximate surface area is 129 Å². The van der Waals surface area contributed by atoms with Crippen LogP contribution in [0.15, 0.2) is 42.9 Å². The van der Waals surface area contributed by atoms with Crippen LogP contribution >= 0.6 is 11.3 Å². The highest BCUT2D eigenvalue weighted by Gasteiger charge is 2.06. The monoisotopic (exact) mass is 297 g/mol. The molecule has 0 radical (unpaired) electrons. The summed E-state index contributed by atoms with van der Waals surface area (Å²) in [5.41, 5.74) is 3.64. The molecular weight excluding hydrogens is 278 g/mol. The molecule has 0 saturated carbocycles. The third-order valence-corrected chi connectivity index (χ3v) is 4.84. The van der Waals surface area contributed by atoms with Crippen molar-refractivity contribution in [2.45, 2.75) is 20.4 Å². The number of fused-ring (bicyclic) bond motifs is 1. The van der Waals surface area contributed by atoms with Crippen LogP contribution in [0.2, 0.25) is 0 Å². The Morgan fingerprint density at radius 3 is 2.52 bits per heavy atom. The summed E-state index contributed by atoms with van der Waals surface area (Å²) in [7, 11) is 0. The number of benzene rings is 1. The lowest BCUT2D eigenvalue weighted by molar-refractivity contribution is 0.296. The fraction of sp³-hybridized carbons (Fsp3) is 0.294. The lowest BCUT2D eigenvalue weighted by Crippen LogP contribution is -2.21. The molecule has 0 bridgehead atoms. The van der Waals surface area contributed by atoms with Gasteiger partial charge in [-0.05, 0) is 30.3 Å². The van der Waals surface area contributed by atoms with Crippen molar-refractivity contribution >= 4 is 21.6 Å². The molecule has 0 saturated heterocycles. The van der Waals surface area contributed by atoms with E-state index in [-0.39, 0.29) is 0 Å². The average molecular weight is 297 g/mol. The van der Waals surface area contributed by atoms with Crippen LogP contribution in [0.3, 0.4) is 0 Å². The lowest BCUT2D eigenvalue weighted by Gasteiger charge is -2.17. The third-order valence-electron chi connectivity index (χ3n) is 3.73.